The number of rotatable bonds is 6. The van der Waals surface area contributed by atoms with Crippen LogP contribution in [0.15, 0.2) is 205 Å². The van der Waals surface area contributed by atoms with E-state index < -0.39 is 0 Å². The van der Waals surface area contributed by atoms with Crippen molar-refractivity contribution in [2.45, 2.75) is 12.3 Å². The summed E-state index contributed by atoms with van der Waals surface area (Å²) in [5.74, 6) is 0.696. The second kappa shape index (κ2) is 13.1. The Labute approximate surface area is 331 Å². The van der Waals surface area contributed by atoms with Gasteiger partial charge in [0.25, 0.3) is 0 Å². The Hall–Kier alpha value is -7.36. The number of fused-ring (bicyclic) bond motifs is 6. The van der Waals surface area contributed by atoms with E-state index in [1.807, 2.05) is 18.2 Å². The highest BCUT2D eigenvalue weighted by Gasteiger charge is 2.42. The van der Waals surface area contributed by atoms with E-state index in [1.54, 1.807) is 0 Å². The van der Waals surface area contributed by atoms with Gasteiger partial charge in [0.2, 0.25) is 0 Å². The Morgan fingerprint density at radius 1 is 0.386 bits per heavy atom. The van der Waals surface area contributed by atoms with Crippen LogP contribution in [0, 0.1) is 0 Å². The summed E-state index contributed by atoms with van der Waals surface area (Å²) in [6, 6.07) is 71.1. The smallest absolute Gasteiger partial charge is 0.160 e. The highest BCUT2D eigenvalue weighted by atomic mass is 16.3. The maximum absolute atomic E-state index is 6.15. The summed E-state index contributed by atoms with van der Waals surface area (Å²) >= 11 is 0. The first-order valence-electron chi connectivity index (χ1n) is 19.5. The summed E-state index contributed by atoms with van der Waals surface area (Å²) in [5, 5.41) is 2.25. The molecule has 3 nitrogen and oxygen atoms in total. The summed E-state index contributed by atoms with van der Waals surface area (Å²) in [7, 11) is 0. The van der Waals surface area contributed by atoms with Crippen molar-refractivity contribution in [2.24, 2.45) is 0 Å². The van der Waals surface area contributed by atoms with Gasteiger partial charge in [-0.3, -0.25) is 0 Å². The molecule has 0 bridgehead atoms. The molecule has 2 heterocycles. The molecular weight excluding hydrogens is 693 g/mol. The molecule has 0 amide bonds. The molecule has 0 saturated heterocycles. The molecule has 8 aromatic carbocycles. The Morgan fingerprint density at radius 2 is 0.965 bits per heavy atom. The number of aromatic nitrogens is 2. The van der Waals surface area contributed by atoms with Gasteiger partial charge >= 0.3 is 0 Å². The minimum Gasteiger partial charge on any atom is -0.456 e. The van der Waals surface area contributed by atoms with E-state index in [0.29, 0.717) is 5.82 Å². The van der Waals surface area contributed by atoms with E-state index in [2.05, 4.69) is 189 Å². The standard InChI is InChI=1S/C54H36N2O/c1-54(39-20-6-3-7-21-39)47-28-12-10-23-41(47)44-26-15-27-45(52(44)54)49-34-48(55-53(56-49)35-16-4-2-5-17-35)42-24-9-8-22-40(42)38-19-14-18-36(32-38)37-30-31-51-46(33-37)43-25-11-13-29-50(43)57-51/h2-34H,1H3. The van der Waals surface area contributed by atoms with Gasteiger partial charge in [0, 0.05) is 32.9 Å². The van der Waals surface area contributed by atoms with Crippen LogP contribution in [0.3, 0.4) is 0 Å². The molecule has 10 aromatic rings. The topological polar surface area (TPSA) is 38.9 Å². The van der Waals surface area contributed by atoms with Crippen LogP contribution in [0.25, 0.3) is 89.2 Å². The zero-order valence-electron chi connectivity index (χ0n) is 31.4. The molecule has 57 heavy (non-hydrogen) atoms. The molecule has 0 saturated carbocycles. The fourth-order valence-corrected chi connectivity index (χ4v) is 9.06. The molecule has 0 radical (unpaired) electrons. The SMILES string of the molecule is CC1(c2ccccc2)c2ccccc2-c2cccc(-c3cc(-c4ccccc4-c4cccc(-c5ccc6oc7ccccc7c6c5)c4)nc(-c4ccccc4)n3)c21. The van der Waals surface area contributed by atoms with E-state index >= 15 is 0 Å². The number of furan rings is 1. The third-order valence-corrected chi connectivity index (χ3v) is 11.8. The van der Waals surface area contributed by atoms with E-state index in [1.165, 1.54) is 27.8 Å². The van der Waals surface area contributed by atoms with E-state index in [9.17, 15) is 0 Å². The molecule has 1 atom stereocenters. The van der Waals surface area contributed by atoms with Crippen LogP contribution in [0.1, 0.15) is 23.6 Å². The van der Waals surface area contributed by atoms with Crippen LogP contribution in [-0.2, 0) is 5.41 Å². The monoisotopic (exact) mass is 728 g/mol. The second-order valence-corrected chi connectivity index (χ2v) is 15.0. The molecular formula is C54H36N2O. The molecule has 0 spiro atoms. The summed E-state index contributed by atoms with van der Waals surface area (Å²) in [6.07, 6.45) is 0. The lowest BCUT2D eigenvalue weighted by atomic mass is 9.72. The number of hydrogen-bond donors (Lipinski definition) is 0. The molecule has 2 aromatic heterocycles. The van der Waals surface area contributed by atoms with Gasteiger partial charge in [0.05, 0.1) is 11.4 Å². The van der Waals surface area contributed by atoms with Crippen molar-refractivity contribution in [2.75, 3.05) is 0 Å². The van der Waals surface area contributed by atoms with Gasteiger partial charge in [-0.2, -0.15) is 0 Å². The van der Waals surface area contributed by atoms with Crippen molar-refractivity contribution >= 4 is 21.9 Å². The number of nitrogens with zero attached hydrogens (tertiary/aromatic N) is 2. The third kappa shape index (κ3) is 5.35. The first kappa shape index (κ1) is 33.0. The summed E-state index contributed by atoms with van der Waals surface area (Å²) in [6.45, 7) is 2.37. The number of benzene rings is 8. The summed E-state index contributed by atoms with van der Waals surface area (Å²) in [5.41, 5.74) is 17.2. The van der Waals surface area contributed by atoms with Gasteiger partial charge in [-0.25, -0.2) is 9.97 Å². The largest absolute Gasteiger partial charge is 0.456 e. The Morgan fingerprint density at radius 3 is 1.81 bits per heavy atom. The molecule has 0 aliphatic heterocycles. The third-order valence-electron chi connectivity index (χ3n) is 11.8. The molecule has 1 aliphatic rings. The van der Waals surface area contributed by atoms with Gasteiger partial charge in [-0.1, -0.05) is 170 Å². The highest BCUT2D eigenvalue weighted by Crippen LogP contribution is 2.55. The maximum Gasteiger partial charge on any atom is 0.160 e. The predicted octanol–water partition coefficient (Wildman–Crippen LogP) is 14.0. The minimum absolute atomic E-state index is 0.383. The van der Waals surface area contributed by atoms with Gasteiger partial charge < -0.3 is 4.42 Å². The quantitative estimate of drug-likeness (QED) is 0.171. The number of hydrogen-bond acceptors (Lipinski definition) is 3. The Bertz CT molecular complexity index is 3140. The van der Waals surface area contributed by atoms with Gasteiger partial charge in [-0.15, -0.1) is 0 Å². The summed E-state index contributed by atoms with van der Waals surface area (Å²) in [4.78, 5) is 10.7. The average molecular weight is 729 g/mol. The van der Waals surface area contributed by atoms with Crippen molar-refractivity contribution in [1.29, 1.82) is 0 Å². The van der Waals surface area contributed by atoms with Crippen LogP contribution in [0.5, 0.6) is 0 Å². The molecule has 1 aliphatic carbocycles. The van der Waals surface area contributed by atoms with Crippen molar-refractivity contribution in [3.05, 3.63) is 217 Å². The van der Waals surface area contributed by atoms with Gasteiger partial charge in [0.15, 0.2) is 5.82 Å². The van der Waals surface area contributed by atoms with Crippen molar-refractivity contribution in [3.63, 3.8) is 0 Å². The van der Waals surface area contributed by atoms with Crippen LogP contribution < -0.4 is 0 Å². The zero-order valence-corrected chi connectivity index (χ0v) is 31.4. The van der Waals surface area contributed by atoms with Crippen LogP contribution in [0.4, 0.5) is 0 Å². The predicted molar refractivity (Wildman–Crippen MR) is 234 cm³/mol. The van der Waals surface area contributed by atoms with Crippen LogP contribution in [-0.4, -0.2) is 9.97 Å². The first-order chi connectivity index (χ1) is 28.1. The fourth-order valence-electron chi connectivity index (χ4n) is 9.06. The van der Waals surface area contributed by atoms with Crippen molar-refractivity contribution < 1.29 is 4.42 Å². The molecule has 1 unspecified atom stereocenters. The molecule has 0 N–H and O–H groups in total. The normalized spacial score (nSPS) is 14.5. The highest BCUT2D eigenvalue weighted by molar-refractivity contribution is 6.06. The Kier molecular flexibility index (Phi) is 7.61. The second-order valence-electron chi connectivity index (χ2n) is 15.0. The van der Waals surface area contributed by atoms with Gasteiger partial charge in [-0.05, 0) is 87.3 Å². The molecule has 268 valence electrons. The minimum atomic E-state index is -0.383. The molecule has 0 fully saturated rings. The van der Waals surface area contributed by atoms with Crippen molar-refractivity contribution in [1.82, 2.24) is 9.97 Å². The van der Waals surface area contributed by atoms with Crippen molar-refractivity contribution in [3.8, 4) is 67.3 Å². The lowest BCUT2D eigenvalue weighted by Crippen LogP contribution is -2.23. The summed E-state index contributed by atoms with van der Waals surface area (Å²) < 4.78 is 6.15. The lowest BCUT2D eigenvalue weighted by Gasteiger charge is -2.30. The maximum atomic E-state index is 6.15. The Balaban J connectivity index is 1.09. The zero-order chi connectivity index (χ0) is 37.9. The van der Waals surface area contributed by atoms with E-state index in [0.717, 1.165) is 72.3 Å². The first-order valence-corrected chi connectivity index (χ1v) is 19.5. The van der Waals surface area contributed by atoms with Crippen LogP contribution in [0.2, 0.25) is 0 Å². The van der Waals surface area contributed by atoms with Crippen LogP contribution >= 0.6 is 0 Å². The average Bonchev–Trinajstić information content (AvgIpc) is 3.80. The van der Waals surface area contributed by atoms with E-state index in [-0.39, 0.29) is 5.41 Å². The molecule has 3 heteroatoms. The number of para-hydroxylation sites is 1. The molecule has 11 rings (SSSR count). The van der Waals surface area contributed by atoms with E-state index in [4.69, 9.17) is 14.4 Å². The fraction of sp³-hybridized carbons (Fsp3) is 0.0370. The van der Waals surface area contributed by atoms with Gasteiger partial charge in [0.1, 0.15) is 11.2 Å². The lowest BCUT2D eigenvalue weighted by molar-refractivity contribution is 0.669.